The number of rotatable bonds is 2. The molecule has 0 amide bonds. The summed E-state index contributed by atoms with van der Waals surface area (Å²) in [6, 6.07) is 10.7. The van der Waals surface area contributed by atoms with Crippen molar-refractivity contribution in [2.45, 2.75) is 19.5 Å². The van der Waals surface area contributed by atoms with Crippen LogP contribution in [0.1, 0.15) is 12.5 Å². The number of benzene rings is 1. The third kappa shape index (κ3) is 2.29. The van der Waals surface area contributed by atoms with E-state index in [0.29, 0.717) is 12.6 Å². The van der Waals surface area contributed by atoms with Crippen LogP contribution >= 0.6 is 0 Å². The Bertz CT molecular complexity index is 585. The lowest BCUT2D eigenvalue weighted by atomic mass is 10.1. The molecule has 100 valence electrons. The van der Waals surface area contributed by atoms with Gasteiger partial charge in [-0.3, -0.25) is 0 Å². The molecule has 2 aromatic rings. The van der Waals surface area contributed by atoms with Crippen molar-refractivity contribution >= 4 is 16.7 Å². The summed E-state index contributed by atoms with van der Waals surface area (Å²) >= 11 is 0. The van der Waals surface area contributed by atoms with Crippen LogP contribution in [-0.4, -0.2) is 30.8 Å². The van der Waals surface area contributed by atoms with E-state index in [1.165, 1.54) is 0 Å². The van der Waals surface area contributed by atoms with Crippen LogP contribution in [-0.2, 0) is 11.3 Å². The molecule has 0 spiro atoms. The van der Waals surface area contributed by atoms with E-state index in [9.17, 15) is 0 Å². The zero-order chi connectivity index (χ0) is 13.2. The molecule has 0 aliphatic carbocycles. The van der Waals surface area contributed by atoms with Crippen LogP contribution in [0.25, 0.3) is 10.9 Å². The van der Waals surface area contributed by atoms with Crippen LogP contribution in [0.5, 0.6) is 0 Å². The average molecular weight is 257 g/mol. The lowest BCUT2D eigenvalue weighted by molar-refractivity contribution is 0.0985. The summed E-state index contributed by atoms with van der Waals surface area (Å²) in [5.74, 6) is 1.01. The van der Waals surface area contributed by atoms with Gasteiger partial charge < -0.3 is 15.4 Å². The number of morpholine rings is 1. The second-order valence-electron chi connectivity index (χ2n) is 4.99. The number of hydrogen-bond acceptors (Lipinski definition) is 4. The van der Waals surface area contributed by atoms with E-state index in [1.807, 2.05) is 18.2 Å². The third-order valence-electron chi connectivity index (χ3n) is 3.64. The molecule has 1 aliphatic rings. The van der Waals surface area contributed by atoms with Gasteiger partial charge in [-0.2, -0.15) is 0 Å². The van der Waals surface area contributed by atoms with Crippen molar-refractivity contribution in [2.75, 3.05) is 24.7 Å². The van der Waals surface area contributed by atoms with Gasteiger partial charge in [0.1, 0.15) is 5.82 Å². The molecule has 1 aliphatic heterocycles. The van der Waals surface area contributed by atoms with Crippen LogP contribution < -0.4 is 10.6 Å². The summed E-state index contributed by atoms with van der Waals surface area (Å²) in [5, 5.41) is 1.15. The number of para-hydroxylation sites is 1. The van der Waals surface area contributed by atoms with E-state index in [0.717, 1.165) is 42.0 Å². The molecule has 0 bridgehead atoms. The lowest BCUT2D eigenvalue weighted by Crippen LogP contribution is -2.44. The van der Waals surface area contributed by atoms with Crippen molar-refractivity contribution in [1.29, 1.82) is 0 Å². The lowest BCUT2D eigenvalue weighted by Gasteiger charge is -2.35. The summed E-state index contributed by atoms with van der Waals surface area (Å²) in [7, 11) is 0. The van der Waals surface area contributed by atoms with Crippen molar-refractivity contribution in [3.63, 3.8) is 0 Å². The number of nitrogens with two attached hydrogens (primary N) is 1. The molecule has 1 unspecified atom stereocenters. The summed E-state index contributed by atoms with van der Waals surface area (Å²) in [6.45, 7) is 5.05. The van der Waals surface area contributed by atoms with E-state index in [-0.39, 0.29) is 0 Å². The molecule has 1 saturated heterocycles. The fourth-order valence-corrected chi connectivity index (χ4v) is 2.59. The van der Waals surface area contributed by atoms with E-state index in [4.69, 9.17) is 15.5 Å². The Morgan fingerprint density at radius 1 is 1.42 bits per heavy atom. The maximum atomic E-state index is 5.90. The van der Waals surface area contributed by atoms with E-state index < -0.39 is 0 Å². The number of nitrogens with zero attached hydrogens (tertiary/aromatic N) is 2. The first-order valence-corrected chi connectivity index (χ1v) is 6.72. The van der Waals surface area contributed by atoms with Crippen molar-refractivity contribution < 1.29 is 4.74 Å². The number of aromatic nitrogens is 1. The van der Waals surface area contributed by atoms with Gasteiger partial charge >= 0.3 is 0 Å². The van der Waals surface area contributed by atoms with Gasteiger partial charge in [-0.1, -0.05) is 18.2 Å². The van der Waals surface area contributed by atoms with E-state index >= 15 is 0 Å². The van der Waals surface area contributed by atoms with Gasteiger partial charge in [0.2, 0.25) is 0 Å². The van der Waals surface area contributed by atoms with Crippen LogP contribution in [0.2, 0.25) is 0 Å². The highest BCUT2D eigenvalue weighted by Gasteiger charge is 2.22. The molecule has 0 radical (unpaired) electrons. The smallest absolute Gasteiger partial charge is 0.134 e. The molecular formula is C15H19N3O. The predicted octanol–water partition coefficient (Wildman–Crippen LogP) is 1.92. The van der Waals surface area contributed by atoms with Crippen LogP contribution in [0.4, 0.5) is 5.82 Å². The zero-order valence-electron chi connectivity index (χ0n) is 11.2. The summed E-state index contributed by atoms with van der Waals surface area (Å²) in [5.41, 5.74) is 8.02. The molecule has 4 nitrogen and oxygen atoms in total. The number of ether oxygens (including phenoxy) is 1. The van der Waals surface area contributed by atoms with Gasteiger partial charge in [-0.05, 0) is 19.1 Å². The first-order chi connectivity index (χ1) is 9.29. The van der Waals surface area contributed by atoms with Gasteiger partial charge in [0.15, 0.2) is 0 Å². The molecule has 19 heavy (non-hydrogen) atoms. The average Bonchev–Trinajstić information content (AvgIpc) is 2.46. The van der Waals surface area contributed by atoms with Crippen molar-refractivity contribution in [3.8, 4) is 0 Å². The Kier molecular flexibility index (Phi) is 3.36. The maximum absolute atomic E-state index is 5.90. The largest absolute Gasteiger partial charge is 0.377 e. The van der Waals surface area contributed by atoms with Crippen LogP contribution in [0.3, 0.4) is 0 Å². The van der Waals surface area contributed by atoms with Gasteiger partial charge in [0, 0.05) is 24.0 Å². The molecule has 2 heterocycles. The molecule has 2 N–H and O–H groups in total. The minimum Gasteiger partial charge on any atom is -0.377 e. The van der Waals surface area contributed by atoms with Crippen molar-refractivity contribution in [1.82, 2.24) is 4.98 Å². The minimum absolute atomic E-state index is 0.340. The molecule has 1 atom stereocenters. The van der Waals surface area contributed by atoms with Crippen molar-refractivity contribution in [2.24, 2.45) is 5.73 Å². The molecule has 1 aromatic carbocycles. The SMILES string of the molecule is CC1COCCN1c1nc2ccccc2cc1CN. The van der Waals surface area contributed by atoms with Crippen LogP contribution in [0, 0.1) is 0 Å². The molecule has 1 aromatic heterocycles. The second-order valence-corrected chi connectivity index (χ2v) is 4.99. The highest BCUT2D eigenvalue weighted by Crippen LogP contribution is 2.26. The molecule has 0 saturated carbocycles. The quantitative estimate of drug-likeness (QED) is 0.893. The first-order valence-electron chi connectivity index (χ1n) is 6.72. The summed E-state index contributed by atoms with van der Waals surface area (Å²) < 4.78 is 5.49. The van der Waals surface area contributed by atoms with Crippen LogP contribution in [0.15, 0.2) is 30.3 Å². The molecule has 1 fully saturated rings. The Hall–Kier alpha value is -1.65. The highest BCUT2D eigenvalue weighted by atomic mass is 16.5. The number of fused-ring (bicyclic) bond motifs is 1. The maximum Gasteiger partial charge on any atom is 0.134 e. The van der Waals surface area contributed by atoms with Gasteiger partial charge in [0.25, 0.3) is 0 Å². The molecule has 3 rings (SSSR count). The monoisotopic (exact) mass is 257 g/mol. The first kappa shape index (κ1) is 12.4. The fourth-order valence-electron chi connectivity index (χ4n) is 2.59. The zero-order valence-corrected chi connectivity index (χ0v) is 11.2. The normalized spacial score (nSPS) is 19.9. The number of hydrogen-bond donors (Lipinski definition) is 1. The fraction of sp³-hybridized carbons (Fsp3) is 0.400. The Labute approximate surface area is 113 Å². The Balaban J connectivity index is 2.10. The topological polar surface area (TPSA) is 51.4 Å². The number of pyridine rings is 1. The van der Waals surface area contributed by atoms with Gasteiger partial charge in [0.05, 0.1) is 24.8 Å². The predicted molar refractivity (Wildman–Crippen MR) is 77.3 cm³/mol. The number of anilines is 1. The Morgan fingerprint density at radius 2 is 2.26 bits per heavy atom. The molecular weight excluding hydrogens is 238 g/mol. The van der Waals surface area contributed by atoms with E-state index in [2.05, 4.69) is 24.0 Å². The summed E-state index contributed by atoms with van der Waals surface area (Å²) in [6.07, 6.45) is 0. The van der Waals surface area contributed by atoms with Crippen molar-refractivity contribution in [3.05, 3.63) is 35.9 Å². The third-order valence-corrected chi connectivity index (χ3v) is 3.64. The van der Waals surface area contributed by atoms with Gasteiger partial charge in [-0.15, -0.1) is 0 Å². The minimum atomic E-state index is 0.340. The van der Waals surface area contributed by atoms with E-state index in [1.54, 1.807) is 0 Å². The highest BCUT2D eigenvalue weighted by molar-refractivity contribution is 5.81. The standard InChI is InChI=1S/C15H19N3O/c1-11-10-19-7-6-18(11)15-13(9-16)8-12-4-2-3-5-14(12)17-15/h2-5,8,11H,6-7,9-10,16H2,1H3. The second kappa shape index (κ2) is 5.15. The Morgan fingerprint density at radius 3 is 3.05 bits per heavy atom. The van der Waals surface area contributed by atoms with Gasteiger partial charge in [-0.25, -0.2) is 4.98 Å². The molecule has 4 heteroatoms. The summed E-state index contributed by atoms with van der Waals surface area (Å²) in [4.78, 5) is 7.11.